The van der Waals surface area contributed by atoms with E-state index in [0.717, 1.165) is 37.6 Å². The number of ether oxygens (including phenoxy) is 1. The fraction of sp³-hybridized carbons (Fsp3) is 0.647. The molecular weight excluding hydrogens is 270 g/mol. The molecule has 3 heteroatoms. The van der Waals surface area contributed by atoms with Crippen molar-refractivity contribution in [1.29, 1.82) is 0 Å². The largest absolute Gasteiger partial charge is 0.382 e. The molecule has 0 fully saturated rings. The van der Waals surface area contributed by atoms with Crippen LogP contribution < -0.4 is 5.32 Å². The van der Waals surface area contributed by atoms with E-state index in [9.17, 15) is 0 Å². The predicted octanol–water partition coefficient (Wildman–Crippen LogP) is 4.31. The highest BCUT2D eigenvalue weighted by molar-refractivity contribution is 6.31. The first-order valence-corrected chi connectivity index (χ1v) is 8.05. The third kappa shape index (κ3) is 7.28. The van der Waals surface area contributed by atoms with Gasteiger partial charge in [-0.15, -0.1) is 0 Å². The van der Waals surface area contributed by atoms with Crippen LogP contribution >= 0.6 is 11.6 Å². The van der Waals surface area contributed by atoms with Crippen LogP contribution in [0.4, 0.5) is 0 Å². The van der Waals surface area contributed by atoms with Crippen LogP contribution in [0.5, 0.6) is 0 Å². The van der Waals surface area contributed by atoms with Crippen molar-refractivity contribution in [3.05, 3.63) is 34.9 Å². The van der Waals surface area contributed by atoms with E-state index in [1.165, 1.54) is 12.0 Å². The zero-order valence-electron chi connectivity index (χ0n) is 13.0. The molecule has 0 saturated carbocycles. The lowest BCUT2D eigenvalue weighted by atomic mass is 9.94. The fourth-order valence-electron chi connectivity index (χ4n) is 2.27. The SMILES string of the molecule is CCOCCCC(CNC(C)C)Cc1ccccc1Cl. The summed E-state index contributed by atoms with van der Waals surface area (Å²) >= 11 is 6.27. The van der Waals surface area contributed by atoms with Crippen LogP contribution in [-0.2, 0) is 11.2 Å². The molecule has 0 aliphatic rings. The van der Waals surface area contributed by atoms with Crippen LogP contribution in [-0.4, -0.2) is 25.8 Å². The van der Waals surface area contributed by atoms with Crippen LogP contribution in [0.3, 0.4) is 0 Å². The van der Waals surface area contributed by atoms with Crippen LogP contribution in [0.2, 0.25) is 5.02 Å². The van der Waals surface area contributed by atoms with Crippen molar-refractivity contribution >= 4 is 11.6 Å². The number of rotatable bonds is 10. The molecule has 1 unspecified atom stereocenters. The van der Waals surface area contributed by atoms with Crippen molar-refractivity contribution in [3.63, 3.8) is 0 Å². The van der Waals surface area contributed by atoms with E-state index in [1.54, 1.807) is 0 Å². The zero-order valence-corrected chi connectivity index (χ0v) is 13.7. The van der Waals surface area contributed by atoms with Gasteiger partial charge >= 0.3 is 0 Å². The molecule has 0 saturated heterocycles. The normalized spacial score (nSPS) is 12.8. The van der Waals surface area contributed by atoms with E-state index in [4.69, 9.17) is 16.3 Å². The number of hydrogen-bond acceptors (Lipinski definition) is 2. The molecule has 20 heavy (non-hydrogen) atoms. The molecule has 2 nitrogen and oxygen atoms in total. The lowest BCUT2D eigenvalue weighted by Gasteiger charge is -2.20. The van der Waals surface area contributed by atoms with Gasteiger partial charge in [-0.1, -0.05) is 43.6 Å². The minimum absolute atomic E-state index is 0.524. The molecule has 1 N–H and O–H groups in total. The Morgan fingerprint density at radius 3 is 2.65 bits per heavy atom. The molecule has 0 aromatic heterocycles. The second kappa shape index (κ2) is 10.2. The van der Waals surface area contributed by atoms with Gasteiger partial charge in [0.2, 0.25) is 0 Å². The second-order valence-corrected chi connectivity index (χ2v) is 5.97. The zero-order chi connectivity index (χ0) is 14.8. The highest BCUT2D eigenvalue weighted by Crippen LogP contribution is 2.21. The molecule has 1 rings (SSSR count). The van der Waals surface area contributed by atoms with E-state index < -0.39 is 0 Å². The van der Waals surface area contributed by atoms with Crippen LogP contribution in [0.15, 0.2) is 24.3 Å². The predicted molar refractivity (Wildman–Crippen MR) is 87.5 cm³/mol. The van der Waals surface area contributed by atoms with Gasteiger partial charge in [0, 0.05) is 24.3 Å². The van der Waals surface area contributed by atoms with Gasteiger partial charge in [-0.25, -0.2) is 0 Å². The van der Waals surface area contributed by atoms with Gasteiger partial charge in [-0.3, -0.25) is 0 Å². The minimum Gasteiger partial charge on any atom is -0.382 e. The summed E-state index contributed by atoms with van der Waals surface area (Å²) in [5.41, 5.74) is 1.25. The summed E-state index contributed by atoms with van der Waals surface area (Å²) in [5.74, 6) is 0.609. The maximum Gasteiger partial charge on any atom is 0.0466 e. The Morgan fingerprint density at radius 1 is 1.25 bits per heavy atom. The lowest BCUT2D eigenvalue weighted by Crippen LogP contribution is -2.30. The minimum atomic E-state index is 0.524. The van der Waals surface area contributed by atoms with Crippen molar-refractivity contribution < 1.29 is 4.74 Å². The van der Waals surface area contributed by atoms with Gasteiger partial charge in [-0.05, 0) is 50.3 Å². The summed E-state index contributed by atoms with van der Waals surface area (Å²) in [6, 6.07) is 8.68. The third-order valence-corrected chi connectivity index (χ3v) is 3.76. The van der Waals surface area contributed by atoms with Gasteiger partial charge in [0.1, 0.15) is 0 Å². The number of halogens is 1. The first kappa shape index (κ1) is 17.5. The maximum atomic E-state index is 6.27. The first-order valence-electron chi connectivity index (χ1n) is 7.68. The standard InChI is InChI=1S/C17H28ClNO/c1-4-20-11-7-8-15(13-19-14(2)3)12-16-9-5-6-10-17(16)18/h5-6,9-10,14-15,19H,4,7-8,11-13H2,1-3H3. The quantitative estimate of drug-likeness (QED) is 0.650. The smallest absolute Gasteiger partial charge is 0.0466 e. The first-order chi connectivity index (χ1) is 9.63. The van der Waals surface area contributed by atoms with Crippen LogP contribution in [0.1, 0.15) is 39.2 Å². The Kier molecular flexibility index (Phi) is 8.92. The molecule has 0 bridgehead atoms. The van der Waals surface area contributed by atoms with E-state index in [-0.39, 0.29) is 0 Å². The molecule has 0 radical (unpaired) electrons. The van der Waals surface area contributed by atoms with E-state index >= 15 is 0 Å². The highest BCUT2D eigenvalue weighted by atomic mass is 35.5. The second-order valence-electron chi connectivity index (χ2n) is 5.56. The molecule has 0 spiro atoms. The Hall–Kier alpha value is -0.570. The molecule has 0 aliphatic heterocycles. The Bertz CT molecular complexity index is 368. The van der Waals surface area contributed by atoms with Crippen LogP contribution in [0.25, 0.3) is 0 Å². The summed E-state index contributed by atoms with van der Waals surface area (Å²) in [6.07, 6.45) is 3.32. The average Bonchev–Trinajstić information content (AvgIpc) is 2.42. The molecule has 1 aromatic carbocycles. The van der Waals surface area contributed by atoms with Crippen molar-refractivity contribution in [2.45, 2.75) is 46.1 Å². The Balaban J connectivity index is 2.50. The average molecular weight is 298 g/mol. The third-order valence-electron chi connectivity index (χ3n) is 3.39. The van der Waals surface area contributed by atoms with Crippen molar-refractivity contribution in [3.8, 4) is 0 Å². The summed E-state index contributed by atoms with van der Waals surface area (Å²) in [7, 11) is 0. The fourth-order valence-corrected chi connectivity index (χ4v) is 2.48. The van der Waals surface area contributed by atoms with Gasteiger partial charge in [-0.2, -0.15) is 0 Å². The molecule has 114 valence electrons. The molecule has 0 aliphatic carbocycles. The molecule has 0 heterocycles. The monoisotopic (exact) mass is 297 g/mol. The van der Waals surface area contributed by atoms with Crippen molar-refractivity contribution in [1.82, 2.24) is 5.32 Å². The van der Waals surface area contributed by atoms with E-state index in [0.29, 0.717) is 12.0 Å². The van der Waals surface area contributed by atoms with Crippen LogP contribution in [0, 0.1) is 5.92 Å². The number of benzene rings is 1. The van der Waals surface area contributed by atoms with Crippen molar-refractivity contribution in [2.24, 2.45) is 5.92 Å². The Morgan fingerprint density at radius 2 is 2.00 bits per heavy atom. The van der Waals surface area contributed by atoms with Crippen molar-refractivity contribution in [2.75, 3.05) is 19.8 Å². The molecule has 1 aromatic rings. The summed E-state index contributed by atoms with van der Waals surface area (Å²) in [4.78, 5) is 0. The van der Waals surface area contributed by atoms with E-state index in [2.05, 4.69) is 31.3 Å². The topological polar surface area (TPSA) is 21.3 Å². The Labute approximate surface area is 128 Å². The van der Waals surface area contributed by atoms with Gasteiger partial charge < -0.3 is 10.1 Å². The summed E-state index contributed by atoms with van der Waals surface area (Å²) in [5, 5.41) is 4.42. The maximum absolute atomic E-state index is 6.27. The molecular formula is C17H28ClNO. The van der Waals surface area contributed by atoms with E-state index in [1.807, 2.05) is 19.1 Å². The lowest BCUT2D eigenvalue weighted by molar-refractivity contribution is 0.139. The number of hydrogen-bond donors (Lipinski definition) is 1. The number of nitrogens with one attached hydrogen (secondary N) is 1. The summed E-state index contributed by atoms with van der Waals surface area (Å²) in [6.45, 7) is 9.12. The highest BCUT2D eigenvalue weighted by Gasteiger charge is 2.12. The molecule has 0 amide bonds. The van der Waals surface area contributed by atoms with Gasteiger partial charge in [0.05, 0.1) is 0 Å². The molecule has 1 atom stereocenters. The van der Waals surface area contributed by atoms with Gasteiger partial charge in [0.25, 0.3) is 0 Å². The van der Waals surface area contributed by atoms with Gasteiger partial charge in [0.15, 0.2) is 0 Å². The summed E-state index contributed by atoms with van der Waals surface area (Å²) < 4.78 is 5.44.